The van der Waals surface area contributed by atoms with Crippen molar-refractivity contribution >= 4 is 51.7 Å². The van der Waals surface area contributed by atoms with E-state index in [9.17, 15) is 23.6 Å². The number of hydrogen-bond acceptors (Lipinski definition) is 4. The third-order valence-corrected chi connectivity index (χ3v) is 7.36. The Labute approximate surface area is 224 Å². The maximum absolute atomic E-state index is 14.1. The predicted octanol–water partition coefficient (Wildman–Crippen LogP) is 4.07. The summed E-state index contributed by atoms with van der Waals surface area (Å²) in [6.45, 7) is 1.88. The fourth-order valence-electron chi connectivity index (χ4n) is 4.92. The predicted molar refractivity (Wildman–Crippen MR) is 142 cm³/mol. The van der Waals surface area contributed by atoms with Crippen LogP contribution in [0.2, 0.25) is 5.02 Å². The molecule has 0 spiro atoms. The number of anilines is 1. The van der Waals surface area contributed by atoms with E-state index in [0.717, 1.165) is 24.9 Å². The van der Waals surface area contributed by atoms with Crippen LogP contribution in [0.1, 0.15) is 48.5 Å². The molecule has 2 aliphatic rings. The summed E-state index contributed by atoms with van der Waals surface area (Å²) >= 11 is 5.81. The molecule has 0 unspecified atom stereocenters. The number of hydrogen-bond donors (Lipinski definition) is 1. The molecule has 0 bridgehead atoms. The molecular weight excluding hydrogens is 511 g/mol. The molecule has 3 aromatic rings. The summed E-state index contributed by atoms with van der Waals surface area (Å²) in [4.78, 5) is 53.9. The van der Waals surface area contributed by atoms with E-state index in [1.165, 1.54) is 13.0 Å². The van der Waals surface area contributed by atoms with Gasteiger partial charge in [0.25, 0.3) is 0 Å². The molecule has 1 aromatic heterocycles. The van der Waals surface area contributed by atoms with Crippen molar-refractivity contribution in [2.45, 2.75) is 51.7 Å². The normalized spacial score (nSPS) is 15.2. The number of fused-ring (bicyclic) bond motifs is 1. The number of ketones is 1. The molecular formula is C28H28ClFN4O4. The van der Waals surface area contributed by atoms with Crippen molar-refractivity contribution in [3.63, 3.8) is 0 Å². The number of aromatic nitrogens is 1. The molecule has 1 aliphatic carbocycles. The Morgan fingerprint density at radius 3 is 2.66 bits per heavy atom. The highest BCUT2D eigenvalue weighted by Gasteiger charge is 2.34. The zero-order chi connectivity index (χ0) is 27.0. The van der Waals surface area contributed by atoms with Gasteiger partial charge in [0, 0.05) is 59.5 Å². The van der Waals surface area contributed by atoms with E-state index < -0.39 is 11.7 Å². The summed E-state index contributed by atoms with van der Waals surface area (Å²) in [7, 11) is 0. The number of benzene rings is 2. The number of amides is 3. The molecule has 5 rings (SSSR count). The molecule has 1 N–H and O–H groups in total. The number of rotatable bonds is 9. The summed E-state index contributed by atoms with van der Waals surface area (Å²) < 4.78 is 15.9. The van der Waals surface area contributed by atoms with Gasteiger partial charge < -0.3 is 19.7 Å². The van der Waals surface area contributed by atoms with E-state index in [2.05, 4.69) is 5.32 Å². The van der Waals surface area contributed by atoms with E-state index in [1.54, 1.807) is 32.7 Å². The fourth-order valence-corrected chi connectivity index (χ4v) is 5.11. The molecule has 10 heteroatoms. The first-order valence-corrected chi connectivity index (χ1v) is 13.0. The van der Waals surface area contributed by atoms with Crippen LogP contribution < -0.4 is 10.2 Å². The van der Waals surface area contributed by atoms with Crippen LogP contribution in [0, 0.1) is 5.82 Å². The van der Waals surface area contributed by atoms with E-state index in [1.807, 2.05) is 18.2 Å². The third-order valence-electron chi connectivity index (χ3n) is 7.06. The van der Waals surface area contributed by atoms with Crippen LogP contribution >= 0.6 is 11.6 Å². The van der Waals surface area contributed by atoms with Gasteiger partial charge in [-0.15, -0.1) is 0 Å². The zero-order valence-electron chi connectivity index (χ0n) is 21.0. The number of halogens is 2. The average Bonchev–Trinajstić information content (AvgIpc) is 3.54. The minimum atomic E-state index is -0.581. The van der Waals surface area contributed by atoms with Crippen LogP contribution in [0.4, 0.5) is 10.1 Å². The maximum atomic E-state index is 14.1. The highest BCUT2D eigenvalue weighted by Crippen LogP contribution is 2.31. The van der Waals surface area contributed by atoms with Crippen molar-refractivity contribution in [1.29, 1.82) is 0 Å². The molecule has 198 valence electrons. The molecule has 1 saturated carbocycles. The number of carbonyl (C=O) groups is 4. The van der Waals surface area contributed by atoms with Gasteiger partial charge in [-0.05, 0) is 50.5 Å². The largest absolute Gasteiger partial charge is 0.350 e. The minimum Gasteiger partial charge on any atom is -0.350 e. The second-order valence-electron chi connectivity index (χ2n) is 9.82. The molecule has 2 heterocycles. The van der Waals surface area contributed by atoms with Crippen molar-refractivity contribution in [2.24, 2.45) is 0 Å². The van der Waals surface area contributed by atoms with Crippen molar-refractivity contribution in [3.8, 4) is 0 Å². The van der Waals surface area contributed by atoms with Gasteiger partial charge in [-0.3, -0.25) is 19.2 Å². The number of carbonyl (C=O) groups excluding carboxylic acids is 4. The number of nitrogens with one attached hydrogen (secondary N) is 1. The zero-order valence-corrected chi connectivity index (χ0v) is 21.8. The molecule has 8 nitrogen and oxygen atoms in total. The molecule has 0 radical (unpaired) electrons. The van der Waals surface area contributed by atoms with Crippen LogP contribution in [0.3, 0.4) is 0 Å². The number of Topliss-reactive ketones (excluding diaryl/α,β-unsaturated/α-hetero) is 1. The Kier molecular flexibility index (Phi) is 7.21. The molecule has 0 atom stereocenters. The van der Waals surface area contributed by atoms with Crippen LogP contribution in [0.5, 0.6) is 0 Å². The topological polar surface area (TPSA) is 91.7 Å². The van der Waals surface area contributed by atoms with Crippen LogP contribution in [-0.2, 0) is 27.5 Å². The minimum absolute atomic E-state index is 0.0189. The molecule has 3 amide bonds. The van der Waals surface area contributed by atoms with Crippen LogP contribution in [0.25, 0.3) is 10.9 Å². The lowest BCUT2D eigenvalue weighted by atomic mass is 10.1. The SMILES string of the molecule is CC(=O)c1cn(CC(=O)N(CC(=O)NCc2cccc(Cl)c2F)C2CC2)c2ccc(N3CCCC3=O)cc12. The van der Waals surface area contributed by atoms with E-state index in [-0.39, 0.29) is 53.9 Å². The van der Waals surface area contributed by atoms with Gasteiger partial charge >= 0.3 is 0 Å². The standard InChI is InChI=1S/C28H28ClFN4O4/c1-17(35)22-14-32(24-10-9-20(12-21(22)24)33-11-3-6-26(33)37)16-27(38)34(19-7-8-19)15-25(36)31-13-18-4-2-5-23(29)28(18)30/h2,4-5,9-10,12,14,19H,3,6-8,11,13,15-16H2,1H3,(H,31,36). The van der Waals surface area contributed by atoms with Gasteiger partial charge in [0.2, 0.25) is 17.7 Å². The molecule has 1 saturated heterocycles. The average molecular weight is 539 g/mol. The fraction of sp³-hybridized carbons (Fsp3) is 0.357. The lowest BCUT2D eigenvalue weighted by Gasteiger charge is -2.22. The summed E-state index contributed by atoms with van der Waals surface area (Å²) in [5, 5.41) is 3.33. The second kappa shape index (κ2) is 10.6. The molecule has 2 aromatic carbocycles. The molecule has 1 aliphatic heterocycles. The Hall–Kier alpha value is -3.72. The van der Waals surface area contributed by atoms with Crippen molar-refractivity contribution in [2.75, 3.05) is 18.0 Å². The smallest absolute Gasteiger partial charge is 0.243 e. The first-order chi connectivity index (χ1) is 18.2. The van der Waals surface area contributed by atoms with Crippen molar-refractivity contribution < 1.29 is 23.6 Å². The highest BCUT2D eigenvalue weighted by molar-refractivity contribution is 6.30. The quantitative estimate of drug-likeness (QED) is 0.416. The van der Waals surface area contributed by atoms with Gasteiger partial charge in [0.15, 0.2) is 5.78 Å². The lowest BCUT2D eigenvalue weighted by Crippen LogP contribution is -2.43. The van der Waals surface area contributed by atoms with E-state index in [0.29, 0.717) is 29.4 Å². The van der Waals surface area contributed by atoms with Gasteiger partial charge in [-0.1, -0.05) is 23.7 Å². The van der Waals surface area contributed by atoms with Crippen molar-refractivity contribution in [1.82, 2.24) is 14.8 Å². The molecule has 38 heavy (non-hydrogen) atoms. The Balaban J connectivity index is 1.32. The Bertz CT molecular complexity index is 1450. The Morgan fingerprint density at radius 1 is 1.18 bits per heavy atom. The first-order valence-electron chi connectivity index (χ1n) is 12.7. The van der Waals surface area contributed by atoms with Crippen molar-refractivity contribution in [3.05, 3.63) is 64.6 Å². The number of nitrogens with zero attached hydrogens (tertiary/aromatic N) is 3. The summed E-state index contributed by atoms with van der Waals surface area (Å²) in [5.41, 5.74) is 2.18. The first kappa shape index (κ1) is 25.9. The van der Waals surface area contributed by atoms with Gasteiger partial charge in [0.05, 0.1) is 11.6 Å². The summed E-state index contributed by atoms with van der Waals surface area (Å²) in [5.74, 6) is -1.31. The lowest BCUT2D eigenvalue weighted by molar-refractivity contribution is -0.137. The third kappa shape index (κ3) is 5.29. The van der Waals surface area contributed by atoms with Crippen LogP contribution in [0.15, 0.2) is 42.6 Å². The van der Waals surface area contributed by atoms with E-state index >= 15 is 0 Å². The summed E-state index contributed by atoms with van der Waals surface area (Å²) in [6.07, 6.45) is 4.57. The van der Waals surface area contributed by atoms with Crippen LogP contribution in [-0.4, -0.2) is 52.1 Å². The maximum Gasteiger partial charge on any atom is 0.243 e. The molecule has 2 fully saturated rings. The second-order valence-corrected chi connectivity index (χ2v) is 10.2. The van der Waals surface area contributed by atoms with E-state index in [4.69, 9.17) is 11.6 Å². The monoisotopic (exact) mass is 538 g/mol. The van der Waals surface area contributed by atoms with Gasteiger partial charge in [-0.2, -0.15) is 0 Å². The van der Waals surface area contributed by atoms with Gasteiger partial charge in [0.1, 0.15) is 12.4 Å². The Morgan fingerprint density at radius 2 is 1.97 bits per heavy atom. The van der Waals surface area contributed by atoms with Gasteiger partial charge in [-0.25, -0.2) is 4.39 Å². The highest BCUT2D eigenvalue weighted by atomic mass is 35.5. The summed E-state index contributed by atoms with van der Waals surface area (Å²) in [6, 6.07) is 10.0.